The number of likely N-dealkylation sites (N-methyl/N-ethyl adjacent to an activating group) is 1. The first-order valence-corrected chi connectivity index (χ1v) is 7.43. The van der Waals surface area contributed by atoms with Gasteiger partial charge in [-0.3, -0.25) is 4.90 Å². The Morgan fingerprint density at radius 1 is 1.62 bits per heavy atom. The van der Waals surface area contributed by atoms with Crippen molar-refractivity contribution >= 4 is 38.9 Å². The molecule has 0 aliphatic rings. The van der Waals surface area contributed by atoms with Crippen LogP contribution in [0.1, 0.15) is 30.7 Å². The van der Waals surface area contributed by atoms with E-state index in [-0.39, 0.29) is 6.04 Å². The molecule has 0 spiro atoms. The largest absolute Gasteiger partial charge is 0.329 e. The first-order chi connectivity index (χ1) is 7.60. The highest BCUT2D eigenvalue weighted by atomic mass is 79.9. The van der Waals surface area contributed by atoms with E-state index in [1.165, 1.54) is 17.7 Å². The molecule has 2 N–H and O–H groups in total. The fraction of sp³-hybridized carbons (Fsp3) is 0.636. The lowest BCUT2D eigenvalue weighted by Crippen LogP contribution is -2.30. The smallest absolute Gasteiger partial charge is 0.107 e. The molecule has 0 saturated heterocycles. The van der Waals surface area contributed by atoms with Crippen LogP contribution in [0.25, 0.3) is 0 Å². The quantitative estimate of drug-likeness (QED) is 0.859. The number of thiophene rings is 1. The van der Waals surface area contributed by atoms with Crippen molar-refractivity contribution in [2.45, 2.75) is 25.8 Å². The van der Waals surface area contributed by atoms with Crippen LogP contribution in [0.2, 0.25) is 4.34 Å². The summed E-state index contributed by atoms with van der Waals surface area (Å²) in [6.07, 6.45) is 2.41. The Morgan fingerprint density at radius 2 is 2.31 bits per heavy atom. The molecule has 1 heterocycles. The molecule has 0 aliphatic carbocycles. The Kier molecular flexibility index (Phi) is 6.29. The molecule has 16 heavy (non-hydrogen) atoms. The van der Waals surface area contributed by atoms with Crippen molar-refractivity contribution in [3.8, 4) is 0 Å². The Balaban J connectivity index is 2.73. The summed E-state index contributed by atoms with van der Waals surface area (Å²) in [5.41, 5.74) is 5.84. The van der Waals surface area contributed by atoms with Crippen molar-refractivity contribution in [3.63, 3.8) is 0 Å². The predicted octanol–water partition coefficient (Wildman–Crippen LogP) is 3.90. The van der Waals surface area contributed by atoms with Crippen molar-refractivity contribution in [1.29, 1.82) is 0 Å². The number of nitrogens with two attached hydrogens (primary N) is 1. The molecule has 1 unspecified atom stereocenters. The van der Waals surface area contributed by atoms with E-state index in [1.54, 1.807) is 11.3 Å². The lowest BCUT2D eigenvalue weighted by Gasteiger charge is -2.25. The summed E-state index contributed by atoms with van der Waals surface area (Å²) in [4.78, 5) is 3.54. The SMILES string of the molecule is CCCCN(C)C(CN)c1cc(Br)c(Cl)s1. The van der Waals surface area contributed by atoms with Crippen molar-refractivity contribution in [2.24, 2.45) is 5.73 Å². The fourth-order valence-electron chi connectivity index (χ4n) is 1.60. The summed E-state index contributed by atoms with van der Waals surface area (Å²) in [6, 6.07) is 2.35. The molecule has 1 aromatic heterocycles. The highest BCUT2D eigenvalue weighted by Crippen LogP contribution is 2.36. The molecule has 1 atom stereocenters. The van der Waals surface area contributed by atoms with Crippen molar-refractivity contribution in [3.05, 3.63) is 19.8 Å². The summed E-state index contributed by atoms with van der Waals surface area (Å²) >= 11 is 11.1. The lowest BCUT2D eigenvalue weighted by atomic mass is 10.2. The highest BCUT2D eigenvalue weighted by molar-refractivity contribution is 9.10. The number of rotatable bonds is 6. The van der Waals surface area contributed by atoms with E-state index in [2.05, 4.69) is 40.9 Å². The van der Waals surface area contributed by atoms with Crippen LogP contribution >= 0.6 is 38.9 Å². The lowest BCUT2D eigenvalue weighted by molar-refractivity contribution is 0.250. The van der Waals surface area contributed by atoms with Crippen molar-refractivity contribution in [2.75, 3.05) is 20.1 Å². The van der Waals surface area contributed by atoms with Crippen LogP contribution in [-0.2, 0) is 0 Å². The molecule has 0 amide bonds. The molecule has 0 fully saturated rings. The zero-order valence-corrected chi connectivity index (χ0v) is 12.8. The van der Waals surface area contributed by atoms with E-state index in [4.69, 9.17) is 17.3 Å². The van der Waals surface area contributed by atoms with Crippen LogP contribution < -0.4 is 5.73 Å². The first-order valence-electron chi connectivity index (χ1n) is 5.45. The Bertz CT molecular complexity index is 310. The number of unbranched alkanes of at least 4 members (excludes halogenated alkanes) is 1. The number of halogens is 2. The second-order valence-electron chi connectivity index (χ2n) is 3.86. The number of hydrogen-bond acceptors (Lipinski definition) is 3. The summed E-state index contributed by atoms with van der Waals surface area (Å²) < 4.78 is 1.77. The van der Waals surface area contributed by atoms with Gasteiger partial charge in [-0.1, -0.05) is 24.9 Å². The Morgan fingerprint density at radius 3 is 2.75 bits per heavy atom. The molecule has 0 saturated carbocycles. The maximum Gasteiger partial charge on any atom is 0.107 e. The fourth-order valence-corrected chi connectivity index (χ4v) is 3.52. The molecule has 92 valence electrons. The minimum atomic E-state index is 0.278. The van der Waals surface area contributed by atoms with E-state index in [0.29, 0.717) is 6.54 Å². The van der Waals surface area contributed by atoms with Crippen LogP contribution in [0.5, 0.6) is 0 Å². The van der Waals surface area contributed by atoms with Gasteiger partial charge in [0, 0.05) is 15.9 Å². The van der Waals surface area contributed by atoms with Gasteiger partial charge in [0.15, 0.2) is 0 Å². The molecule has 0 bridgehead atoms. The van der Waals surface area contributed by atoms with Crippen LogP contribution in [0.15, 0.2) is 10.5 Å². The predicted molar refractivity (Wildman–Crippen MR) is 76.4 cm³/mol. The van der Waals surface area contributed by atoms with Crippen LogP contribution in [0.4, 0.5) is 0 Å². The van der Waals surface area contributed by atoms with Crippen molar-refractivity contribution < 1.29 is 0 Å². The zero-order chi connectivity index (χ0) is 12.1. The van der Waals surface area contributed by atoms with Gasteiger partial charge in [0.05, 0.1) is 6.04 Å². The minimum Gasteiger partial charge on any atom is -0.329 e. The summed E-state index contributed by atoms with van der Waals surface area (Å²) in [5.74, 6) is 0. The average Bonchev–Trinajstić information content (AvgIpc) is 2.57. The minimum absolute atomic E-state index is 0.278. The van der Waals surface area contributed by atoms with Gasteiger partial charge in [-0.05, 0) is 42.0 Å². The van der Waals surface area contributed by atoms with Gasteiger partial charge in [-0.15, -0.1) is 11.3 Å². The summed E-state index contributed by atoms with van der Waals surface area (Å²) in [7, 11) is 2.12. The zero-order valence-electron chi connectivity index (χ0n) is 9.67. The third-order valence-corrected chi connectivity index (χ3v) is 5.19. The van der Waals surface area contributed by atoms with Gasteiger partial charge in [0.1, 0.15) is 4.34 Å². The summed E-state index contributed by atoms with van der Waals surface area (Å²) in [6.45, 7) is 3.90. The molecule has 0 aromatic carbocycles. The van der Waals surface area contributed by atoms with Crippen LogP contribution in [0, 0.1) is 0 Å². The molecule has 5 heteroatoms. The topological polar surface area (TPSA) is 29.3 Å². The second kappa shape index (κ2) is 6.97. The molecule has 0 aliphatic heterocycles. The molecule has 1 rings (SSSR count). The number of hydrogen-bond donors (Lipinski definition) is 1. The van der Waals surface area contributed by atoms with E-state index < -0.39 is 0 Å². The van der Waals surface area contributed by atoms with Gasteiger partial charge in [0.25, 0.3) is 0 Å². The van der Waals surface area contributed by atoms with Crippen LogP contribution in [-0.4, -0.2) is 25.0 Å². The second-order valence-corrected chi connectivity index (χ2v) is 6.40. The molecular formula is C11H18BrClN2S. The van der Waals surface area contributed by atoms with E-state index in [9.17, 15) is 0 Å². The van der Waals surface area contributed by atoms with E-state index in [0.717, 1.165) is 15.4 Å². The van der Waals surface area contributed by atoms with Gasteiger partial charge in [-0.2, -0.15) is 0 Å². The maximum absolute atomic E-state index is 6.05. The van der Waals surface area contributed by atoms with E-state index >= 15 is 0 Å². The molecule has 2 nitrogen and oxygen atoms in total. The first kappa shape index (κ1) is 14.5. The highest BCUT2D eigenvalue weighted by Gasteiger charge is 2.18. The monoisotopic (exact) mass is 324 g/mol. The summed E-state index contributed by atoms with van der Waals surface area (Å²) in [5, 5.41) is 0. The molecular weight excluding hydrogens is 308 g/mol. The van der Waals surface area contributed by atoms with Gasteiger partial charge in [0.2, 0.25) is 0 Å². The van der Waals surface area contributed by atoms with E-state index in [1.807, 2.05) is 0 Å². The standard InChI is InChI=1S/C11H18BrClN2S/c1-3-4-5-15(2)9(7-14)10-6-8(12)11(13)16-10/h6,9H,3-5,7,14H2,1-2H3. The molecule has 1 aromatic rings. The maximum atomic E-state index is 6.05. The normalized spacial score (nSPS) is 13.4. The van der Waals surface area contributed by atoms with Crippen molar-refractivity contribution in [1.82, 2.24) is 4.90 Å². The Hall–Kier alpha value is 0.390. The van der Waals surface area contributed by atoms with Gasteiger partial charge in [-0.25, -0.2) is 0 Å². The average molecular weight is 326 g/mol. The van der Waals surface area contributed by atoms with Gasteiger partial charge >= 0.3 is 0 Å². The Labute approximate surface area is 115 Å². The third kappa shape index (κ3) is 3.70. The van der Waals surface area contributed by atoms with Gasteiger partial charge < -0.3 is 5.73 Å². The van der Waals surface area contributed by atoms with Crippen LogP contribution in [0.3, 0.4) is 0 Å². The molecule has 0 radical (unpaired) electrons. The number of nitrogens with zero attached hydrogens (tertiary/aromatic N) is 1. The third-order valence-electron chi connectivity index (χ3n) is 2.61.